The van der Waals surface area contributed by atoms with Crippen LogP contribution in [0.5, 0.6) is 0 Å². The van der Waals surface area contributed by atoms with Gasteiger partial charge in [-0.3, -0.25) is 4.79 Å². The van der Waals surface area contributed by atoms with Gasteiger partial charge in [-0.2, -0.15) is 4.37 Å². The van der Waals surface area contributed by atoms with Crippen LogP contribution in [0.4, 0.5) is 11.4 Å². The number of amides is 1. The number of nitrogen functional groups attached to an aromatic ring is 1. The number of anilines is 2. The number of ether oxygens (including phenoxy) is 1. The summed E-state index contributed by atoms with van der Waals surface area (Å²) < 4.78 is 9.13. The van der Waals surface area contributed by atoms with Crippen LogP contribution in [-0.2, 0) is 9.53 Å². The van der Waals surface area contributed by atoms with Crippen molar-refractivity contribution in [2.24, 2.45) is 0 Å². The van der Waals surface area contributed by atoms with Crippen LogP contribution in [-0.4, -0.2) is 22.9 Å². The average molecular weight is 305 g/mol. The zero-order chi connectivity index (χ0) is 15.4. The zero-order valence-electron chi connectivity index (χ0n) is 11.7. The second kappa shape index (κ2) is 6.36. The third-order valence-electron chi connectivity index (χ3n) is 2.67. The van der Waals surface area contributed by atoms with Crippen LogP contribution in [0, 0.1) is 0 Å². The van der Waals surface area contributed by atoms with Gasteiger partial charge < -0.3 is 15.8 Å². The molecule has 21 heavy (non-hydrogen) atoms. The number of nitrogens with one attached hydrogen (secondary N) is 1. The maximum atomic E-state index is 11.7. The molecule has 6 nitrogen and oxygen atoms in total. The molecule has 0 aliphatic carbocycles. The number of carbonyl (C=O) groups is 2. The van der Waals surface area contributed by atoms with Crippen molar-refractivity contribution in [2.75, 3.05) is 17.7 Å². The lowest BCUT2D eigenvalue weighted by molar-refractivity contribution is -0.114. The number of carbonyl (C=O) groups excluding carboxylic acids is 2. The van der Waals surface area contributed by atoms with Crippen molar-refractivity contribution in [1.82, 2.24) is 4.37 Å². The highest BCUT2D eigenvalue weighted by Crippen LogP contribution is 2.31. The van der Waals surface area contributed by atoms with E-state index < -0.39 is 5.97 Å². The van der Waals surface area contributed by atoms with Gasteiger partial charge in [-0.25, -0.2) is 4.79 Å². The first kappa shape index (κ1) is 15.0. The number of rotatable bonds is 4. The molecule has 1 aromatic carbocycles. The van der Waals surface area contributed by atoms with Gasteiger partial charge in [0.05, 0.1) is 12.3 Å². The molecule has 0 radical (unpaired) electrons. The Labute approximate surface area is 126 Å². The minimum Gasteiger partial charge on any atom is -0.462 e. The Hall–Kier alpha value is -2.41. The molecule has 0 spiro atoms. The van der Waals surface area contributed by atoms with E-state index in [1.165, 1.54) is 6.92 Å². The van der Waals surface area contributed by atoms with E-state index in [0.29, 0.717) is 21.9 Å². The van der Waals surface area contributed by atoms with Gasteiger partial charge in [-0.05, 0) is 30.6 Å². The number of esters is 1. The highest BCUT2D eigenvalue weighted by atomic mass is 32.1. The second-order valence-corrected chi connectivity index (χ2v) is 5.03. The predicted octanol–water partition coefficient (Wildman–Crippen LogP) is 2.53. The summed E-state index contributed by atoms with van der Waals surface area (Å²) in [5, 5.41) is 2.68. The molecule has 110 valence electrons. The van der Waals surface area contributed by atoms with Crippen LogP contribution < -0.4 is 11.1 Å². The summed E-state index contributed by atoms with van der Waals surface area (Å²) in [6.45, 7) is 3.46. The van der Waals surface area contributed by atoms with E-state index in [2.05, 4.69) is 9.69 Å². The van der Waals surface area contributed by atoms with E-state index in [9.17, 15) is 9.59 Å². The normalized spacial score (nSPS) is 10.2. The monoisotopic (exact) mass is 305 g/mol. The lowest BCUT2D eigenvalue weighted by Gasteiger charge is -2.04. The standard InChI is InChI=1S/C14H15N3O3S/c1-3-20-14(19)13-11(15)12(17-21-13)9-4-6-10(7-5-9)16-8(2)18/h4-7H,3,15H2,1-2H3,(H,16,18). The summed E-state index contributed by atoms with van der Waals surface area (Å²) in [7, 11) is 0. The molecule has 0 fully saturated rings. The SMILES string of the molecule is CCOC(=O)c1snc(-c2ccc(NC(C)=O)cc2)c1N. The Bertz CT molecular complexity index is 665. The lowest BCUT2D eigenvalue weighted by atomic mass is 10.1. The summed E-state index contributed by atoms with van der Waals surface area (Å²) in [5.41, 5.74) is 8.27. The van der Waals surface area contributed by atoms with Crippen molar-refractivity contribution in [3.8, 4) is 11.3 Å². The minimum atomic E-state index is -0.464. The fraction of sp³-hybridized carbons (Fsp3) is 0.214. The molecule has 0 bridgehead atoms. The van der Waals surface area contributed by atoms with E-state index in [1.54, 1.807) is 31.2 Å². The summed E-state index contributed by atoms with van der Waals surface area (Å²) in [5.74, 6) is -0.603. The fourth-order valence-corrected chi connectivity index (χ4v) is 2.48. The molecule has 1 aromatic heterocycles. The Morgan fingerprint density at radius 1 is 1.33 bits per heavy atom. The largest absolute Gasteiger partial charge is 0.462 e. The number of nitrogens with zero attached hydrogens (tertiary/aromatic N) is 1. The molecular formula is C14H15N3O3S. The molecule has 0 unspecified atom stereocenters. The molecule has 0 saturated carbocycles. The molecule has 3 N–H and O–H groups in total. The summed E-state index contributed by atoms with van der Waals surface area (Å²) in [6.07, 6.45) is 0. The Morgan fingerprint density at radius 3 is 2.57 bits per heavy atom. The molecule has 1 heterocycles. The lowest BCUT2D eigenvalue weighted by Crippen LogP contribution is -2.05. The van der Waals surface area contributed by atoms with Gasteiger partial charge in [0.1, 0.15) is 5.69 Å². The summed E-state index contributed by atoms with van der Waals surface area (Å²) in [4.78, 5) is 23.0. The molecule has 2 rings (SSSR count). The second-order valence-electron chi connectivity index (χ2n) is 4.25. The Kier molecular flexibility index (Phi) is 4.54. The molecule has 1 amide bonds. The third-order valence-corrected chi connectivity index (χ3v) is 3.51. The number of hydrogen-bond acceptors (Lipinski definition) is 6. The van der Waals surface area contributed by atoms with Crippen molar-refractivity contribution < 1.29 is 14.3 Å². The van der Waals surface area contributed by atoms with Crippen molar-refractivity contribution in [1.29, 1.82) is 0 Å². The Balaban J connectivity index is 2.26. The molecule has 0 saturated heterocycles. The Morgan fingerprint density at radius 2 is 2.00 bits per heavy atom. The molecule has 2 aromatic rings. The van der Waals surface area contributed by atoms with E-state index in [1.807, 2.05) is 0 Å². The van der Waals surface area contributed by atoms with Gasteiger partial charge in [0.2, 0.25) is 5.91 Å². The molecule has 0 aliphatic heterocycles. The van der Waals surface area contributed by atoms with Gasteiger partial charge in [-0.1, -0.05) is 12.1 Å². The van der Waals surface area contributed by atoms with E-state index in [0.717, 1.165) is 17.1 Å². The highest BCUT2D eigenvalue weighted by Gasteiger charge is 2.19. The third kappa shape index (κ3) is 3.38. The average Bonchev–Trinajstić information content (AvgIpc) is 2.81. The number of benzene rings is 1. The van der Waals surface area contributed by atoms with Crippen LogP contribution in [0.2, 0.25) is 0 Å². The first-order valence-electron chi connectivity index (χ1n) is 6.33. The zero-order valence-corrected chi connectivity index (χ0v) is 12.5. The van der Waals surface area contributed by atoms with Gasteiger partial charge in [0.15, 0.2) is 4.88 Å². The van der Waals surface area contributed by atoms with Crippen LogP contribution in [0.1, 0.15) is 23.5 Å². The number of hydrogen-bond donors (Lipinski definition) is 2. The molecular weight excluding hydrogens is 290 g/mol. The molecule has 0 atom stereocenters. The number of aromatic nitrogens is 1. The quantitative estimate of drug-likeness (QED) is 0.846. The van der Waals surface area contributed by atoms with Crippen LogP contribution in [0.25, 0.3) is 11.3 Å². The fourth-order valence-electron chi connectivity index (χ4n) is 1.76. The molecule has 7 heteroatoms. The van der Waals surface area contributed by atoms with Gasteiger partial charge >= 0.3 is 5.97 Å². The highest BCUT2D eigenvalue weighted by molar-refractivity contribution is 7.09. The first-order chi connectivity index (χ1) is 10.0. The maximum absolute atomic E-state index is 11.7. The van der Waals surface area contributed by atoms with Crippen LogP contribution >= 0.6 is 11.5 Å². The van der Waals surface area contributed by atoms with Gasteiger partial charge in [0.25, 0.3) is 0 Å². The smallest absolute Gasteiger partial charge is 0.352 e. The van der Waals surface area contributed by atoms with E-state index in [4.69, 9.17) is 10.5 Å². The van der Waals surface area contributed by atoms with E-state index >= 15 is 0 Å². The molecule has 0 aliphatic rings. The van der Waals surface area contributed by atoms with Gasteiger partial charge in [0, 0.05) is 18.2 Å². The first-order valence-corrected chi connectivity index (χ1v) is 7.10. The van der Waals surface area contributed by atoms with Crippen molar-refractivity contribution in [3.63, 3.8) is 0 Å². The minimum absolute atomic E-state index is 0.138. The van der Waals surface area contributed by atoms with Gasteiger partial charge in [-0.15, -0.1) is 0 Å². The van der Waals surface area contributed by atoms with Crippen LogP contribution in [0.15, 0.2) is 24.3 Å². The number of nitrogens with two attached hydrogens (primary N) is 1. The van der Waals surface area contributed by atoms with E-state index in [-0.39, 0.29) is 12.5 Å². The summed E-state index contributed by atoms with van der Waals surface area (Å²) in [6, 6.07) is 7.07. The topological polar surface area (TPSA) is 94.3 Å². The summed E-state index contributed by atoms with van der Waals surface area (Å²) >= 11 is 1.01. The van der Waals surface area contributed by atoms with Crippen molar-refractivity contribution in [2.45, 2.75) is 13.8 Å². The predicted molar refractivity (Wildman–Crippen MR) is 82.2 cm³/mol. The van der Waals surface area contributed by atoms with Crippen molar-refractivity contribution >= 4 is 34.8 Å². The van der Waals surface area contributed by atoms with Crippen molar-refractivity contribution in [3.05, 3.63) is 29.1 Å². The maximum Gasteiger partial charge on any atom is 0.352 e. The van der Waals surface area contributed by atoms with Crippen LogP contribution in [0.3, 0.4) is 0 Å².